The smallest absolute Gasteiger partial charge is 0.00533 e. The van der Waals surface area contributed by atoms with Crippen molar-refractivity contribution < 1.29 is 0 Å². The van der Waals surface area contributed by atoms with Gasteiger partial charge < -0.3 is 4.90 Å². The summed E-state index contributed by atoms with van der Waals surface area (Å²) in [6.07, 6.45) is 5.29. The lowest BCUT2D eigenvalue weighted by Gasteiger charge is -2.32. The third-order valence-electron chi connectivity index (χ3n) is 5.48. The van der Waals surface area contributed by atoms with Gasteiger partial charge >= 0.3 is 0 Å². The van der Waals surface area contributed by atoms with Crippen molar-refractivity contribution in [2.24, 2.45) is 0 Å². The van der Waals surface area contributed by atoms with Crippen LogP contribution in [0.2, 0.25) is 0 Å². The normalized spacial score (nSPS) is 23.0. The van der Waals surface area contributed by atoms with Gasteiger partial charge in [0.1, 0.15) is 0 Å². The Labute approximate surface area is 130 Å². The first kappa shape index (κ1) is 15.1. The highest BCUT2D eigenvalue weighted by Crippen LogP contribution is 2.39. The summed E-state index contributed by atoms with van der Waals surface area (Å²) in [5.74, 6) is 0.780. The van der Waals surface area contributed by atoms with Gasteiger partial charge in [-0.25, -0.2) is 0 Å². The van der Waals surface area contributed by atoms with Gasteiger partial charge in [-0.15, -0.1) is 0 Å². The van der Waals surface area contributed by atoms with Gasteiger partial charge in [-0.2, -0.15) is 0 Å². The number of hydrogen-bond donors (Lipinski definition) is 0. The van der Waals surface area contributed by atoms with Crippen molar-refractivity contribution in [3.8, 4) is 0 Å². The molecule has 0 N–H and O–H groups in total. The van der Waals surface area contributed by atoms with Crippen LogP contribution in [0.1, 0.15) is 75.6 Å². The molecule has 0 radical (unpaired) electrons. The quantitative estimate of drug-likeness (QED) is 0.724. The standard InChI is InChI=1S/C20H31N/c1-14(2)21-10-9-16-12-18(20(3,4)5)11-15-7-6-8-17(13-21)19(15)16/h11-12,14,17H,6-10,13H2,1-5H3. The van der Waals surface area contributed by atoms with Crippen LogP contribution in [0.4, 0.5) is 0 Å². The molecule has 116 valence electrons. The predicted molar refractivity (Wildman–Crippen MR) is 91.2 cm³/mol. The molecule has 0 saturated carbocycles. The van der Waals surface area contributed by atoms with E-state index < -0.39 is 0 Å². The molecule has 0 spiro atoms. The van der Waals surface area contributed by atoms with E-state index in [0.717, 1.165) is 5.92 Å². The first-order valence-corrected chi connectivity index (χ1v) is 8.76. The monoisotopic (exact) mass is 285 g/mol. The van der Waals surface area contributed by atoms with Crippen molar-refractivity contribution in [2.45, 2.75) is 77.7 Å². The highest BCUT2D eigenvalue weighted by Gasteiger charge is 2.30. The van der Waals surface area contributed by atoms with E-state index in [2.05, 4.69) is 51.7 Å². The number of aryl methyl sites for hydroxylation is 1. The van der Waals surface area contributed by atoms with Crippen molar-refractivity contribution >= 4 is 0 Å². The zero-order chi connectivity index (χ0) is 15.2. The Balaban J connectivity index is 2.05. The van der Waals surface area contributed by atoms with E-state index in [4.69, 9.17) is 0 Å². The molecule has 1 atom stereocenters. The number of nitrogens with zero attached hydrogens (tertiary/aromatic N) is 1. The molecule has 3 rings (SSSR count). The number of benzene rings is 1. The summed E-state index contributed by atoms with van der Waals surface area (Å²) in [5, 5.41) is 0. The van der Waals surface area contributed by atoms with Crippen LogP contribution in [-0.4, -0.2) is 24.0 Å². The Morgan fingerprint density at radius 3 is 2.38 bits per heavy atom. The molecule has 1 heterocycles. The van der Waals surface area contributed by atoms with E-state index >= 15 is 0 Å². The van der Waals surface area contributed by atoms with Crippen LogP contribution in [0.5, 0.6) is 0 Å². The third kappa shape index (κ3) is 2.90. The Bertz CT molecular complexity index is 521. The maximum absolute atomic E-state index is 2.69. The second-order valence-electron chi connectivity index (χ2n) is 8.39. The van der Waals surface area contributed by atoms with Crippen LogP contribution in [0.3, 0.4) is 0 Å². The molecule has 1 aliphatic carbocycles. The molecule has 0 aromatic heterocycles. The fourth-order valence-electron chi connectivity index (χ4n) is 4.12. The van der Waals surface area contributed by atoms with Crippen molar-refractivity contribution in [1.82, 2.24) is 4.90 Å². The molecule has 0 saturated heterocycles. The largest absolute Gasteiger partial charge is 0.300 e. The second-order valence-corrected chi connectivity index (χ2v) is 8.39. The zero-order valence-electron chi connectivity index (χ0n) is 14.5. The Hall–Kier alpha value is -0.820. The van der Waals surface area contributed by atoms with Gasteiger partial charge in [0, 0.05) is 19.1 Å². The van der Waals surface area contributed by atoms with Crippen LogP contribution in [0.15, 0.2) is 12.1 Å². The molecule has 21 heavy (non-hydrogen) atoms. The van der Waals surface area contributed by atoms with Crippen LogP contribution in [0.25, 0.3) is 0 Å². The van der Waals surface area contributed by atoms with Crippen molar-refractivity contribution in [3.63, 3.8) is 0 Å². The summed E-state index contributed by atoms with van der Waals surface area (Å²) in [6, 6.07) is 5.73. The summed E-state index contributed by atoms with van der Waals surface area (Å²) in [4.78, 5) is 2.69. The molecule has 0 bridgehead atoms. The topological polar surface area (TPSA) is 3.24 Å². The highest BCUT2D eigenvalue weighted by molar-refractivity contribution is 5.46. The summed E-state index contributed by atoms with van der Waals surface area (Å²) in [6.45, 7) is 14.2. The van der Waals surface area contributed by atoms with Crippen molar-refractivity contribution in [3.05, 3.63) is 34.4 Å². The van der Waals surface area contributed by atoms with Gasteiger partial charge in [0.15, 0.2) is 0 Å². The molecule has 1 aliphatic heterocycles. The Morgan fingerprint density at radius 2 is 1.76 bits per heavy atom. The van der Waals surface area contributed by atoms with E-state index in [9.17, 15) is 0 Å². The Kier molecular flexibility index (Phi) is 3.90. The third-order valence-corrected chi connectivity index (χ3v) is 5.48. The van der Waals surface area contributed by atoms with E-state index in [1.807, 2.05) is 0 Å². The highest BCUT2D eigenvalue weighted by atomic mass is 15.1. The molecule has 2 aliphatic rings. The molecular formula is C20H31N. The van der Waals surface area contributed by atoms with E-state index in [0.29, 0.717) is 6.04 Å². The molecule has 0 fully saturated rings. The molecule has 1 heteroatoms. The number of rotatable bonds is 1. The molecule has 1 unspecified atom stereocenters. The van der Waals surface area contributed by atoms with E-state index in [1.54, 1.807) is 16.7 Å². The average Bonchev–Trinajstić information content (AvgIpc) is 2.59. The second kappa shape index (κ2) is 5.43. The lowest BCUT2D eigenvalue weighted by atomic mass is 9.76. The zero-order valence-corrected chi connectivity index (χ0v) is 14.5. The average molecular weight is 285 g/mol. The molecule has 1 aromatic rings. The van der Waals surface area contributed by atoms with Gasteiger partial charge in [0.05, 0.1) is 0 Å². The minimum absolute atomic E-state index is 0.266. The van der Waals surface area contributed by atoms with Crippen LogP contribution in [-0.2, 0) is 18.3 Å². The van der Waals surface area contributed by atoms with E-state index in [-0.39, 0.29) is 5.41 Å². The molecule has 1 aromatic carbocycles. The minimum atomic E-state index is 0.266. The molecule has 1 nitrogen and oxygen atoms in total. The first-order chi connectivity index (χ1) is 9.86. The lowest BCUT2D eigenvalue weighted by Crippen LogP contribution is -2.35. The summed E-state index contributed by atoms with van der Waals surface area (Å²) >= 11 is 0. The molecule has 0 amide bonds. The van der Waals surface area contributed by atoms with Gasteiger partial charge in [-0.05, 0) is 73.1 Å². The maximum atomic E-state index is 2.69. The summed E-state index contributed by atoms with van der Waals surface area (Å²) in [7, 11) is 0. The fourth-order valence-corrected chi connectivity index (χ4v) is 4.12. The summed E-state index contributed by atoms with van der Waals surface area (Å²) in [5.41, 5.74) is 6.86. The first-order valence-electron chi connectivity index (χ1n) is 8.76. The van der Waals surface area contributed by atoms with Crippen molar-refractivity contribution in [1.29, 1.82) is 0 Å². The summed E-state index contributed by atoms with van der Waals surface area (Å²) < 4.78 is 0. The van der Waals surface area contributed by atoms with Crippen molar-refractivity contribution in [2.75, 3.05) is 13.1 Å². The van der Waals surface area contributed by atoms with Gasteiger partial charge in [-0.1, -0.05) is 32.9 Å². The van der Waals surface area contributed by atoms with Crippen LogP contribution < -0.4 is 0 Å². The van der Waals surface area contributed by atoms with Gasteiger partial charge in [0.25, 0.3) is 0 Å². The maximum Gasteiger partial charge on any atom is 0.00533 e. The van der Waals surface area contributed by atoms with E-state index in [1.165, 1.54) is 44.3 Å². The van der Waals surface area contributed by atoms with Crippen LogP contribution >= 0.6 is 0 Å². The SMILES string of the molecule is CC(C)N1CCc2cc(C(C)(C)C)cc3c2C(CCC3)C1. The Morgan fingerprint density at radius 1 is 1.10 bits per heavy atom. The fraction of sp³-hybridized carbons (Fsp3) is 0.700. The van der Waals surface area contributed by atoms with Gasteiger partial charge in [0.2, 0.25) is 0 Å². The van der Waals surface area contributed by atoms with Crippen LogP contribution in [0, 0.1) is 0 Å². The lowest BCUT2D eigenvalue weighted by molar-refractivity contribution is 0.212. The minimum Gasteiger partial charge on any atom is -0.300 e. The number of hydrogen-bond acceptors (Lipinski definition) is 1. The predicted octanol–water partition coefficient (Wildman–Crippen LogP) is 4.67. The van der Waals surface area contributed by atoms with Gasteiger partial charge in [-0.3, -0.25) is 0 Å². The molecular weight excluding hydrogens is 254 g/mol.